The Labute approximate surface area is 115 Å². The van der Waals surface area contributed by atoms with Crippen molar-refractivity contribution in [1.29, 1.82) is 0 Å². The van der Waals surface area contributed by atoms with Crippen LogP contribution in [0.1, 0.15) is 15.9 Å². The molecule has 0 heterocycles. The minimum atomic E-state index is -0.728. The molecule has 2 aromatic rings. The molecule has 0 unspecified atom stereocenters. The monoisotopic (exact) mass is 275 g/mol. The molecule has 0 amide bonds. The van der Waals surface area contributed by atoms with E-state index in [-0.39, 0.29) is 11.3 Å². The molecule has 0 saturated heterocycles. The van der Waals surface area contributed by atoms with Crippen LogP contribution in [0.25, 0.3) is 0 Å². The van der Waals surface area contributed by atoms with E-state index < -0.39 is 11.8 Å². The zero-order valence-corrected chi connectivity index (χ0v) is 10.9. The molecule has 2 aromatic carbocycles. The number of phenolic OH excluding ortho intramolecular Hbond substituents is 1. The topological polar surface area (TPSA) is 58.6 Å². The summed E-state index contributed by atoms with van der Waals surface area (Å²) in [7, 11) is 1.20. The van der Waals surface area contributed by atoms with Gasteiger partial charge in [-0.3, -0.25) is 0 Å². The maximum Gasteiger partial charge on any atom is 0.340 e. The first-order chi connectivity index (χ1) is 9.61. The van der Waals surface area contributed by atoms with Crippen LogP contribution in [0, 0.1) is 5.82 Å². The second-order valence-corrected chi connectivity index (χ2v) is 4.17. The molecule has 5 heteroatoms. The third kappa shape index (κ3) is 3.06. The molecule has 0 aliphatic carbocycles. The molecule has 0 fully saturated rings. The van der Waals surface area contributed by atoms with Gasteiger partial charge < -0.3 is 15.2 Å². The van der Waals surface area contributed by atoms with Crippen molar-refractivity contribution in [2.45, 2.75) is 6.54 Å². The standard InChI is InChI=1S/C15H14FNO3/c1-20-15(19)12-8-11(6-7-13(12)16)17-9-10-4-2-3-5-14(10)18/h2-8,17-18H,9H2,1H3. The number of carbonyl (C=O) groups is 1. The van der Waals surface area contributed by atoms with Crippen LogP contribution >= 0.6 is 0 Å². The molecular weight excluding hydrogens is 261 g/mol. The molecule has 0 saturated carbocycles. The average molecular weight is 275 g/mol. The normalized spacial score (nSPS) is 10.1. The number of carbonyl (C=O) groups excluding carboxylic acids is 1. The van der Waals surface area contributed by atoms with E-state index in [1.807, 2.05) is 0 Å². The van der Waals surface area contributed by atoms with Crippen LogP contribution in [0.5, 0.6) is 5.75 Å². The van der Waals surface area contributed by atoms with Crippen LogP contribution in [0.2, 0.25) is 0 Å². The number of esters is 1. The molecule has 20 heavy (non-hydrogen) atoms. The average Bonchev–Trinajstić information content (AvgIpc) is 2.47. The molecule has 0 aliphatic heterocycles. The van der Waals surface area contributed by atoms with Crippen LogP contribution < -0.4 is 5.32 Å². The third-order valence-electron chi connectivity index (χ3n) is 2.85. The minimum Gasteiger partial charge on any atom is -0.508 e. The van der Waals surface area contributed by atoms with E-state index in [0.29, 0.717) is 17.8 Å². The summed E-state index contributed by atoms with van der Waals surface area (Å²) < 4.78 is 18.0. The lowest BCUT2D eigenvalue weighted by Gasteiger charge is -2.09. The Balaban J connectivity index is 2.14. The number of nitrogens with one attached hydrogen (secondary N) is 1. The van der Waals surface area contributed by atoms with Crippen molar-refractivity contribution in [2.24, 2.45) is 0 Å². The summed E-state index contributed by atoms with van der Waals surface area (Å²) in [6.07, 6.45) is 0. The predicted octanol–water partition coefficient (Wildman–Crippen LogP) is 2.93. The molecular formula is C15H14FNO3. The summed E-state index contributed by atoms with van der Waals surface area (Å²) >= 11 is 0. The second-order valence-electron chi connectivity index (χ2n) is 4.17. The fourth-order valence-electron chi connectivity index (χ4n) is 1.76. The summed E-state index contributed by atoms with van der Waals surface area (Å²) in [4.78, 5) is 11.4. The van der Waals surface area contributed by atoms with E-state index in [4.69, 9.17) is 0 Å². The molecule has 0 spiro atoms. The lowest BCUT2D eigenvalue weighted by atomic mass is 10.1. The molecule has 2 rings (SSSR count). The summed E-state index contributed by atoms with van der Waals surface area (Å²) in [5.41, 5.74) is 1.14. The third-order valence-corrected chi connectivity index (χ3v) is 2.85. The Hall–Kier alpha value is -2.56. The fourth-order valence-corrected chi connectivity index (χ4v) is 1.76. The Morgan fingerprint density at radius 2 is 2.05 bits per heavy atom. The highest BCUT2D eigenvalue weighted by molar-refractivity contribution is 5.90. The Morgan fingerprint density at radius 1 is 1.30 bits per heavy atom. The number of rotatable bonds is 4. The zero-order chi connectivity index (χ0) is 14.5. The van der Waals surface area contributed by atoms with Crippen molar-refractivity contribution >= 4 is 11.7 Å². The number of para-hydroxylation sites is 1. The highest BCUT2D eigenvalue weighted by Crippen LogP contribution is 2.19. The van der Waals surface area contributed by atoms with Crippen molar-refractivity contribution in [3.8, 4) is 5.75 Å². The van der Waals surface area contributed by atoms with Crippen molar-refractivity contribution in [2.75, 3.05) is 12.4 Å². The predicted molar refractivity (Wildman–Crippen MR) is 73.2 cm³/mol. The first-order valence-corrected chi connectivity index (χ1v) is 6.00. The zero-order valence-electron chi connectivity index (χ0n) is 10.9. The summed E-state index contributed by atoms with van der Waals surface area (Å²) in [6, 6.07) is 11.0. The highest BCUT2D eigenvalue weighted by Gasteiger charge is 2.12. The van der Waals surface area contributed by atoms with E-state index in [9.17, 15) is 14.3 Å². The summed E-state index contributed by atoms with van der Waals surface area (Å²) in [5.74, 6) is -1.19. The van der Waals surface area contributed by atoms with Gasteiger partial charge in [0.15, 0.2) is 0 Å². The number of hydrogen-bond donors (Lipinski definition) is 2. The van der Waals surface area contributed by atoms with Crippen LogP contribution in [-0.2, 0) is 11.3 Å². The van der Waals surface area contributed by atoms with Gasteiger partial charge in [-0.15, -0.1) is 0 Å². The smallest absolute Gasteiger partial charge is 0.340 e. The van der Waals surface area contributed by atoms with Gasteiger partial charge in [-0.2, -0.15) is 0 Å². The maximum atomic E-state index is 13.5. The van der Waals surface area contributed by atoms with Crippen molar-refractivity contribution < 1.29 is 19.0 Å². The molecule has 4 nitrogen and oxygen atoms in total. The van der Waals surface area contributed by atoms with Gasteiger partial charge in [0, 0.05) is 17.8 Å². The van der Waals surface area contributed by atoms with Crippen LogP contribution in [0.3, 0.4) is 0 Å². The van der Waals surface area contributed by atoms with Gasteiger partial charge in [-0.1, -0.05) is 18.2 Å². The van der Waals surface area contributed by atoms with Gasteiger partial charge >= 0.3 is 5.97 Å². The molecule has 104 valence electrons. The molecule has 0 atom stereocenters. The minimum absolute atomic E-state index is 0.130. The lowest BCUT2D eigenvalue weighted by molar-refractivity contribution is 0.0595. The van der Waals surface area contributed by atoms with E-state index in [1.54, 1.807) is 24.3 Å². The second kappa shape index (κ2) is 6.06. The number of methoxy groups -OCH3 is 1. The van der Waals surface area contributed by atoms with Gasteiger partial charge in [0.25, 0.3) is 0 Å². The first-order valence-electron chi connectivity index (χ1n) is 6.00. The number of anilines is 1. The summed E-state index contributed by atoms with van der Waals surface area (Å²) in [6.45, 7) is 0.360. The largest absolute Gasteiger partial charge is 0.508 e. The number of hydrogen-bond acceptors (Lipinski definition) is 4. The fraction of sp³-hybridized carbons (Fsp3) is 0.133. The van der Waals surface area contributed by atoms with Gasteiger partial charge in [0.1, 0.15) is 11.6 Å². The molecule has 2 N–H and O–H groups in total. The molecule has 0 bridgehead atoms. The van der Waals surface area contributed by atoms with Crippen LogP contribution in [0.4, 0.5) is 10.1 Å². The Kier molecular flexibility index (Phi) is 4.20. The lowest BCUT2D eigenvalue weighted by Crippen LogP contribution is -2.06. The van der Waals surface area contributed by atoms with Gasteiger partial charge in [-0.05, 0) is 24.3 Å². The van der Waals surface area contributed by atoms with Gasteiger partial charge in [0.2, 0.25) is 0 Å². The maximum absolute atomic E-state index is 13.5. The summed E-state index contributed by atoms with van der Waals surface area (Å²) in [5, 5.41) is 12.7. The number of ether oxygens (including phenoxy) is 1. The molecule has 0 radical (unpaired) electrons. The van der Waals surface area contributed by atoms with E-state index in [2.05, 4.69) is 10.1 Å². The SMILES string of the molecule is COC(=O)c1cc(NCc2ccccc2O)ccc1F. The van der Waals surface area contributed by atoms with Crippen LogP contribution in [-0.4, -0.2) is 18.2 Å². The first kappa shape index (κ1) is 13.9. The van der Waals surface area contributed by atoms with Crippen LogP contribution in [0.15, 0.2) is 42.5 Å². The quantitative estimate of drug-likeness (QED) is 0.842. The molecule has 0 aromatic heterocycles. The van der Waals surface area contributed by atoms with E-state index in [0.717, 1.165) is 0 Å². The highest BCUT2D eigenvalue weighted by atomic mass is 19.1. The number of benzene rings is 2. The van der Waals surface area contributed by atoms with Crippen molar-refractivity contribution in [3.05, 3.63) is 59.4 Å². The van der Waals surface area contributed by atoms with E-state index >= 15 is 0 Å². The number of aromatic hydroxyl groups is 1. The number of phenols is 1. The Morgan fingerprint density at radius 3 is 2.75 bits per heavy atom. The molecule has 0 aliphatic rings. The van der Waals surface area contributed by atoms with Gasteiger partial charge in [-0.25, -0.2) is 9.18 Å². The van der Waals surface area contributed by atoms with Gasteiger partial charge in [0.05, 0.1) is 12.7 Å². The Bertz CT molecular complexity index is 628. The van der Waals surface area contributed by atoms with Crippen molar-refractivity contribution in [1.82, 2.24) is 0 Å². The van der Waals surface area contributed by atoms with Crippen molar-refractivity contribution in [3.63, 3.8) is 0 Å². The number of halogens is 1. The van der Waals surface area contributed by atoms with E-state index in [1.165, 1.54) is 25.3 Å².